The second-order valence-electron chi connectivity index (χ2n) is 13.3. The van der Waals surface area contributed by atoms with Gasteiger partial charge in [-0.3, -0.25) is 14.6 Å². The van der Waals surface area contributed by atoms with Gasteiger partial charge >= 0.3 is 6.03 Å². The van der Waals surface area contributed by atoms with E-state index >= 15 is 0 Å². The number of halogens is 1. The first-order valence-corrected chi connectivity index (χ1v) is 17.4. The van der Waals surface area contributed by atoms with Crippen molar-refractivity contribution in [2.45, 2.75) is 58.2 Å². The van der Waals surface area contributed by atoms with Gasteiger partial charge in [0.25, 0.3) is 0 Å². The van der Waals surface area contributed by atoms with Crippen LogP contribution in [0.15, 0.2) is 72.9 Å². The second-order valence-corrected chi connectivity index (χ2v) is 14.8. The number of hydrogen-bond acceptors (Lipinski definition) is 8. The first kappa shape index (κ1) is 32.9. The summed E-state index contributed by atoms with van der Waals surface area (Å²) in [6.45, 7) is 8.89. The minimum atomic E-state index is -0.416. The summed E-state index contributed by atoms with van der Waals surface area (Å²) in [6.07, 6.45) is 3.35. The molecule has 1 fully saturated rings. The number of ether oxygens (including phenoxy) is 1. The van der Waals surface area contributed by atoms with Crippen LogP contribution < -0.4 is 15.4 Å². The lowest BCUT2D eigenvalue weighted by Gasteiger charge is -2.29. The summed E-state index contributed by atoms with van der Waals surface area (Å²) in [5, 5.41) is 30.6. The van der Waals surface area contributed by atoms with Gasteiger partial charge in [-0.2, -0.15) is 5.10 Å². The number of aliphatic hydroxyl groups excluding tert-OH is 1. The zero-order chi connectivity index (χ0) is 34.3. The Hall–Kier alpha value is -4.62. The molecule has 13 heteroatoms. The number of phenols is 1. The van der Waals surface area contributed by atoms with Crippen molar-refractivity contribution < 1.29 is 19.7 Å². The first-order valence-electron chi connectivity index (χ1n) is 16.2. The van der Waals surface area contributed by atoms with E-state index in [4.69, 9.17) is 21.4 Å². The van der Waals surface area contributed by atoms with Crippen molar-refractivity contribution in [1.29, 1.82) is 0 Å². The van der Waals surface area contributed by atoms with E-state index in [-0.39, 0.29) is 28.8 Å². The molecule has 1 saturated heterocycles. The van der Waals surface area contributed by atoms with E-state index in [0.29, 0.717) is 23.0 Å². The van der Waals surface area contributed by atoms with E-state index in [1.54, 1.807) is 28.2 Å². The zero-order valence-corrected chi connectivity index (χ0v) is 29.1. The zero-order valence-electron chi connectivity index (χ0n) is 27.5. The van der Waals surface area contributed by atoms with Crippen LogP contribution in [0.2, 0.25) is 5.02 Å². The lowest BCUT2D eigenvalue weighted by molar-refractivity contribution is 0.0786. The number of fused-ring (bicyclic) bond motifs is 3. The van der Waals surface area contributed by atoms with Crippen LogP contribution in [0, 0.1) is 0 Å². The number of carbonyl (C=O) groups excluding carboxylic acids is 1. The van der Waals surface area contributed by atoms with Gasteiger partial charge in [0.05, 0.1) is 44.6 Å². The van der Waals surface area contributed by atoms with Gasteiger partial charge in [-0.1, -0.05) is 61.9 Å². The van der Waals surface area contributed by atoms with E-state index in [2.05, 4.69) is 31.0 Å². The van der Waals surface area contributed by atoms with Crippen molar-refractivity contribution in [3.63, 3.8) is 0 Å². The molecule has 0 saturated carbocycles. The van der Waals surface area contributed by atoms with Crippen LogP contribution in [0.1, 0.15) is 50.6 Å². The van der Waals surface area contributed by atoms with Gasteiger partial charge in [0, 0.05) is 49.3 Å². The number of imidazole rings is 1. The fourth-order valence-corrected chi connectivity index (χ4v) is 7.13. The summed E-state index contributed by atoms with van der Waals surface area (Å²) < 4.78 is 11.2. The normalized spacial score (nSPS) is 14.5. The van der Waals surface area contributed by atoms with Crippen LogP contribution >= 0.6 is 22.9 Å². The van der Waals surface area contributed by atoms with Crippen LogP contribution in [-0.2, 0) is 18.5 Å². The first-order chi connectivity index (χ1) is 23.5. The molecule has 49 heavy (non-hydrogen) atoms. The highest BCUT2D eigenvalue weighted by molar-refractivity contribution is 7.23. The van der Waals surface area contributed by atoms with E-state index in [9.17, 15) is 15.0 Å². The largest absolute Gasteiger partial charge is 0.506 e. The van der Waals surface area contributed by atoms with Gasteiger partial charge in [-0.25, -0.2) is 14.5 Å². The van der Waals surface area contributed by atoms with E-state index in [1.807, 2.05) is 69.4 Å². The molecule has 2 amide bonds. The van der Waals surface area contributed by atoms with Gasteiger partial charge in [0.15, 0.2) is 4.96 Å². The third-order valence-electron chi connectivity index (χ3n) is 8.65. The highest BCUT2D eigenvalue weighted by Crippen LogP contribution is 2.34. The maximum absolute atomic E-state index is 13.2. The summed E-state index contributed by atoms with van der Waals surface area (Å²) in [5.74, 6) is 1.75. The summed E-state index contributed by atoms with van der Waals surface area (Å²) in [4.78, 5) is 21.2. The third-order valence-corrected chi connectivity index (χ3v) is 9.97. The molecule has 0 radical (unpaired) electrons. The van der Waals surface area contributed by atoms with Crippen molar-refractivity contribution in [3.8, 4) is 22.9 Å². The fraction of sp³-hybridized carbons (Fsp3) is 0.306. The van der Waals surface area contributed by atoms with Gasteiger partial charge < -0.3 is 20.3 Å². The predicted molar refractivity (Wildman–Crippen MR) is 192 cm³/mol. The number of aromatic hydroxyl groups is 1. The highest BCUT2D eigenvalue weighted by Gasteiger charge is 2.23. The maximum atomic E-state index is 13.2. The number of benzene rings is 3. The number of para-hydroxylation sites is 1. The Kier molecular flexibility index (Phi) is 8.97. The standard InChI is InChI=1S/C36H38ClN7O4S/c1-36(2,3)32-18-33(44(41-32)23-8-11-29(46)27(37)16-23)40-34(47)38-19-22-6-4-5-7-30(22)48-26-9-10-28-31(17-26)49-35-39-20-24(43(28)35)21-42-14-12-25(45)13-15-42/h4-11,16-18,20,25,45-46H,12-15,19,21H2,1-3H3,(H2,38,40,47). The fourth-order valence-electron chi connectivity index (χ4n) is 5.91. The van der Waals surface area contributed by atoms with Crippen LogP contribution in [-0.4, -0.2) is 59.5 Å². The molecule has 6 aromatic rings. The summed E-state index contributed by atoms with van der Waals surface area (Å²) in [6, 6.07) is 19.8. The molecule has 3 aromatic carbocycles. The number of rotatable bonds is 8. The Bertz CT molecular complexity index is 2140. The molecule has 0 bridgehead atoms. The van der Waals surface area contributed by atoms with Crippen molar-refractivity contribution in [2.24, 2.45) is 0 Å². The highest BCUT2D eigenvalue weighted by atomic mass is 35.5. The number of nitrogens with one attached hydrogen (secondary N) is 2. The summed E-state index contributed by atoms with van der Waals surface area (Å²) in [7, 11) is 0. The number of nitrogens with zero attached hydrogens (tertiary/aromatic N) is 5. The van der Waals surface area contributed by atoms with Crippen molar-refractivity contribution >= 4 is 50.0 Å². The molecule has 1 aliphatic rings. The van der Waals surface area contributed by atoms with Gasteiger partial charge in [-0.05, 0) is 49.2 Å². The third kappa shape index (κ3) is 7.09. The topological polar surface area (TPSA) is 129 Å². The molecule has 254 valence electrons. The number of piperidine rings is 1. The number of carbonyl (C=O) groups is 1. The minimum absolute atomic E-state index is 0.0347. The summed E-state index contributed by atoms with van der Waals surface area (Å²) >= 11 is 7.79. The van der Waals surface area contributed by atoms with Gasteiger partial charge in [0.2, 0.25) is 0 Å². The lowest BCUT2D eigenvalue weighted by Crippen LogP contribution is -2.35. The lowest BCUT2D eigenvalue weighted by atomic mass is 9.92. The average Bonchev–Trinajstić information content (AvgIpc) is 3.77. The Balaban J connectivity index is 1.05. The minimum Gasteiger partial charge on any atom is -0.506 e. The SMILES string of the molecule is CC(C)(C)c1cc(NC(=O)NCc2ccccc2Oc2ccc3c(c2)sc2ncc(CN4CCC(O)CC4)n23)n(-c2ccc(O)c(Cl)c2)n1. The number of thiazole rings is 1. The molecule has 0 aliphatic carbocycles. The number of anilines is 1. The number of aliphatic hydroxyl groups is 1. The molecule has 0 spiro atoms. The van der Waals surface area contributed by atoms with Crippen LogP contribution in [0.25, 0.3) is 20.9 Å². The molecule has 0 unspecified atom stereocenters. The molecule has 7 rings (SSSR count). The second kappa shape index (κ2) is 13.4. The quantitative estimate of drug-likeness (QED) is 0.130. The molecule has 4 heterocycles. The Labute approximate surface area is 292 Å². The van der Waals surface area contributed by atoms with Crippen molar-refractivity contribution in [2.75, 3.05) is 18.4 Å². The summed E-state index contributed by atoms with van der Waals surface area (Å²) in [5.41, 5.74) is 4.12. The monoisotopic (exact) mass is 699 g/mol. The number of urea groups is 1. The predicted octanol–water partition coefficient (Wildman–Crippen LogP) is 7.46. The number of phenolic OH excluding ortho intramolecular Hbond substituents is 1. The average molecular weight is 700 g/mol. The van der Waals surface area contributed by atoms with Gasteiger partial charge in [0.1, 0.15) is 23.1 Å². The number of aromatic nitrogens is 4. The molecule has 4 N–H and O–H groups in total. The van der Waals surface area contributed by atoms with E-state index < -0.39 is 6.03 Å². The molecule has 1 aliphatic heterocycles. The van der Waals surface area contributed by atoms with Crippen LogP contribution in [0.4, 0.5) is 10.6 Å². The van der Waals surface area contributed by atoms with Crippen LogP contribution in [0.5, 0.6) is 17.2 Å². The van der Waals surface area contributed by atoms with Gasteiger partial charge in [-0.15, -0.1) is 0 Å². The molecular weight excluding hydrogens is 662 g/mol. The Morgan fingerprint density at radius 1 is 1.08 bits per heavy atom. The smallest absolute Gasteiger partial charge is 0.320 e. The molecule has 3 aromatic heterocycles. The maximum Gasteiger partial charge on any atom is 0.320 e. The number of likely N-dealkylation sites (tertiary alicyclic amines) is 1. The van der Waals surface area contributed by atoms with E-state index in [0.717, 1.165) is 64.6 Å². The molecule has 0 atom stereocenters. The molecular formula is C36H38ClN7O4S. The number of amides is 2. The van der Waals surface area contributed by atoms with Crippen molar-refractivity contribution in [1.82, 2.24) is 29.4 Å². The molecule has 11 nitrogen and oxygen atoms in total. The Morgan fingerprint density at radius 2 is 1.88 bits per heavy atom. The number of hydrogen-bond donors (Lipinski definition) is 4. The van der Waals surface area contributed by atoms with E-state index in [1.165, 1.54) is 6.07 Å². The van der Waals surface area contributed by atoms with Crippen molar-refractivity contribution in [3.05, 3.63) is 94.9 Å². The Morgan fingerprint density at radius 3 is 2.65 bits per heavy atom. The van der Waals surface area contributed by atoms with Crippen LogP contribution in [0.3, 0.4) is 0 Å².